The monoisotopic (exact) mass is 542 g/mol. The molecule has 2 amide bonds. The van der Waals surface area contributed by atoms with Gasteiger partial charge in [0, 0.05) is 11.3 Å². The third-order valence-corrected chi connectivity index (χ3v) is 8.06. The van der Waals surface area contributed by atoms with Gasteiger partial charge in [0.1, 0.15) is 22.2 Å². The number of anilines is 2. The summed E-state index contributed by atoms with van der Waals surface area (Å²) in [4.78, 5) is 54.1. The van der Waals surface area contributed by atoms with Crippen molar-refractivity contribution in [2.24, 2.45) is 0 Å². The number of furan rings is 1. The standard InChI is InChI=1S/C26H26N2O7S2/c1-4-33-25(31)22-15(3)23(26(32)34-5-2)37-24(22)27-20(29)14-28-16-9-6-7-11-18(16)36-19(13-21(28)30)17-10-8-12-35-17/h6-12,19H,4-5,13-14H2,1-3H3,(H,27,29). The van der Waals surface area contributed by atoms with E-state index in [2.05, 4.69) is 5.32 Å². The summed E-state index contributed by atoms with van der Waals surface area (Å²) in [5.41, 5.74) is 1.08. The zero-order valence-corrected chi connectivity index (χ0v) is 22.2. The number of carbonyl (C=O) groups is 4. The molecule has 3 heterocycles. The molecule has 9 nitrogen and oxygen atoms in total. The fourth-order valence-corrected chi connectivity index (χ4v) is 6.28. The molecule has 0 saturated carbocycles. The largest absolute Gasteiger partial charge is 0.468 e. The lowest BCUT2D eigenvalue weighted by molar-refractivity contribution is -0.121. The summed E-state index contributed by atoms with van der Waals surface area (Å²) in [6.07, 6.45) is 1.70. The zero-order chi connectivity index (χ0) is 26.5. The van der Waals surface area contributed by atoms with Crippen molar-refractivity contribution in [2.45, 2.75) is 37.3 Å². The first kappa shape index (κ1) is 26.5. The minimum atomic E-state index is -0.656. The lowest BCUT2D eigenvalue weighted by atomic mass is 10.1. The van der Waals surface area contributed by atoms with E-state index in [1.165, 1.54) is 16.7 Å². The second-order valence-electron chi connectivity index (χ2n) is 8.02. The molecule has 0 bridgehead atoms. The van der Waals surface area contributed by atoms with Crippen LogP contribution < -0.4 is 10.2 Å². The normalized spacial score (nSPS) is 15.1. The van der Waals surface area contributed by atoms with E-state index in [0.29, 0.717) is 17.0 Å². The van der Waals surface area contributed by atoms with Gasteiger partial charge in [-0.3, -0.25) is 9.59 Å². The summed E-state index contributed by atoms with van der Waals surface area (Å²) in [5, 5.41) is 2.65. The van der Waals surface area contributed by atoms with Gasteiger partial charge in [-0.05, 0) is 50.6 Å². The van der Waals surface area contributed by atoms with Crippen LogP contribution in [0.5, 0.6) is 0 Å². The Morgan fingerprint density at radius 1 is 1.08 bits per heavy atom. The minimum Gasteiger partial charge on any atom is -0.468 e. The van der Waals surface area contributed by atoms with Crippen LogP contribution in [-0.2, 0) is 19.1 Å². The molecule has 37 heavy (non-hydrogen) atoms. The lowest BCUT2D eigenvalue weighted by Crippen LogP contribution is -2.38. The maximum absolute atomic E-state index is 13.3. The summed E-state index contributed by atoms with van der Waals surface area (Å²) in [7, 11) is 0. The Kier molecular flexibility index (Phi) is 8.34. The van der Waals surface area contributed by atoms with E-state index in [9.17, 15) is 19.2 Å². The molecule has 3 aromatic rings. The molecule has 2 aromatic heterocycles. The average Bonchev–Trinajstić information content (AvgIpc) is 3.48. The summed E-state index contributed by atoms with van der Waals surface area (Å²) >= 11 is 2.44. The Hall–Kier alpha value is -3.57. The summed E-state index contributed by atoms with van der Waals surface area (Å²) < 4.78 is 15.8. The third-order valence-electron chi connectivity index (χ3n) is 5.59. The smallest absolute Gasteiger partial charge is 0.348 e. The Balaban J connectivity index is 1.61. The maximum atomic E-state index is 13.3. The SMILES string of the molecule is CCOC(=O)c1sc(NC(=O)CN2C(=O)CC(c3ccco3)Sc3ccccc32)c(C(=O)OCC)c1C. The summed E-state index contributed by atoms with van der Waals surface area (Å²) in [6.45, 7) is 4.96. The fourth-order valence-electron chi connectivity index (χ4n) is 3.94. The predicted molar refractivity (Wildman–Crippen MR) is 140 cm³/mol. The molecule has 1 aromatic carbocycles. The number of rotatable bonds is 8. The topological polar surface area (TPSA) is 115 Å². The van der Waals surface area contributed by atoms with Crippen LogP contribution in [0.2, 0.25) is 0 Å². The van der Waals surface area contributed by atoms with Gasteiger partial charge in [0.15, 0.2) is 0 Å². The van der Waals surface area contributed by atoms with E-state index >= 15 is 0 Å². The number of thiophene rings is 1. The van der Waals surface area contributed by atoms with Gasteiger partial charge in [-0.1, -0.05) is 12.1 Å². The van der Waals surface area contributed by atoms with Crippen LogP contribution in [0.3, 0.4) is 0 Å². The quantitative estimate of drug-likeness (QED) is 0.386. The van der Waals surface area contributed by atoms with E-state index < -0.39 is 17.8 Å². The maximum Gasteiger partial charge on any atom is 0.348 e. The first-order valence-corrected chi connectivity index (χ1v) is 13.4. The Morgan fingerprint density at radius 2 is 1.81 bits per heavy atom. The predicted octanol–water partition coefficient (Wildman–Crippen LogP) is 5.21. The van der Waals surface area contributed by atoms with Gasteiger partial charge >= 0.3 is 11.9 Å². The van der Waals surface area contributed by atoms with Crippen molar-refractivity contribution in [3.63, 3.8) is 0 Å². The van der Waals surface area contributed by atoms with Crippen LogP contribution in [0.4, 0.5) is 10.7 Å². The number of esters is 2. The molecular weight excluding hydrogens is 516 g/mol. The number of amides is 2. The van der Waals surface area contributed by atoms with Gasteiger partial charge in [-0.25, -0.2) is 9.59 Å². The van der Waals surface area contributed by atoms with Crippen LogP contribution in [0, 0.1) is 6.92 Å². The highest BCUT2D eigenvalue weighted by molar-refractivity contribution is 7.99. The van der Waals surface area contributed by atoms with Crippen molar-refractivity contribution in [3.05, 3.63) is 64.4 Å². The van der Waals surface area contributed by atoms with E-state index in [4.69, 9.17) is 13.9 Å². The van der Waals surface area contributed by atoms with Crippen molar-refractivity contribution >= 4 is 57.5 Å². The molecule has 1 N–H and O–H groups in total. The van der Waals surface area contributed by atoms with E-state index in [1.54, 1.807) is 45.2 Å². The van der Waals surface area contributed by atoms with Gasteiger partial charge in [-0.2, -0.15) is 0 Å². The van der Waals surface area contributed by atoms with Gasteiger partial charge in [0.25, 0.3) is 0 Å². The van der Waals surface area contributed by atoms with Crippen molar-refractivity contribution in [1.82, 2.24) is 0 Å². The molecule has 11 heteroatoms. The minimum absolute atomic E-state index is 0.0966. The van der Waals surface area contributed by atoms with Gasteiger partial charge < -0.3 is 24.1 Å². The first-order chi connectivity index (χ1) is 17.8. The van der Waals surface area contributed by atoms with Crippen LogP contribution >= 0.6 is 23.1 Å². The highest BCUT2D eigenvalue weighted by Gasteiger charge is 2.33. The lowest BCUT2D eigenvalue weighted by Gasteiger charge is -2.22. The summed E-state index contributed by atoms with van der Waals surface area (Å²) in [5.74, 6) is -1.33. The highest BCUT2D eigenvalue weighted by atomic mass is 32.2. The number of nitrogens with one attached hydrogen (secondary N) is 1. The molecule has 1 aliphatic heterocycles. The summed E-state index contributed by atoms with van der Waals surface area (Å²) in [6, 6.07) is 11.0. The van der Waals surface area contributed by atoms with Crippen LogP contribution in [-0.4, -0.2) is 43.5 Å². The first-order valence-electron chi connectivity index (χ1n) is 11.7. The molecule has 0 spiro atoms. The molecule has 1 unspecified atom stereocenters. The number of nitrogens with zero attached hydrogens (tertiary/aromatic N) is 1. The molecule has 0 radical (unpaired) electrons. The van der Waals surface area contributed by atoms with E-state index in [0.717, 1.165) is 16.2 Å². The molecule has 194 valence electrons. The molecule has 1 aliphatic rings. The number of hydrogen-bond donors (Lipinski definition) is 1. The second kappa shape index (κ2) is 11.7. The molecule has 1 atom stereocenters. The molecule has 0 aliphatic carbocycles. The number of ether oxygens (including phenoxy) is 2. The van der Waals surface area contributed by atoms with E-state index in [1.807, 2.05) is 18.2 Å². The van der Waals surface area contributed by atoms with Crippen LogP contribution in [0.1, 0.15) is 56.9 Å². The van der Waals surface area contributed by atoms with Crippen molar-refractivity contribution in [1.29, 1.82) is 0 Å². The number of thioether (sulfide) groups is 1. The highest BCUT2D eigenvalue weighted by Crippen LogP contribution is 2.45. The Bertz CT molecular complexity index is 1320. The van der Waals surface area contributed by atoms with Crippen molar-refractivity contribution in [2.75, 3.05) is 30.0 Å². The number of fused-ring (bicyclic) bond motifs is 1. The zero-order valence-electron chi connectivity index (χ0n) is 20.6. The van der Waals surface area contributed by atoms with Crippen molar-refractivity contribution < 1.29 is 33.1 Å². The van der Waals surface area contributed by atoms with Crippen LogP contribution in [0.25, 0.3) is 0 Å². The van der Waals surface area contributed by atoms with Gasteiger partial charge in [-0.15, -0.1) is 23.1 Å². The van der Waals surface area contributed by atoms with Gasteiger partial charge in [0.2, 0.25) is 11.8 Å². The van der Waals surface area contributed by atoms with Crippen molar-refractivity contribution in [3.8, 4) is 0 Å². The Morgan fingerprint density at radius 3 is 2.51 bits per heavy atom. The number of carbonyl (C=O) groups excluding carboxylic acids is 4. The third kappa shape index (κ3) is 5.72. The fraction of sp³-hybridized carbons (Fsp3) is 0.308. The molecular formula is C26H26N2O7S2. The second-order valence-corrected chi connectivity index (χ2v) is 10.3. The number of para-hydroxylation sites is 1. The molecule has 4 rings (SSSR count). The average molecular weight is 543 g/mol. The number of benzene rings is 1. The molecule has 0 saturated heterocycles. The van der Waals surface area contributed by atoms with Crippen LogP contribution in [0.15, 0.2) is 52.0 Å². The van der Waals surface area contributed by atoms with E-state index in [-0.39, 0.29) is 52.8 Å². The molecule has 0 fully saturated rings. The number of hydrogen-bond acceptors (Lipinski definition) is 9. The van der Waals surface area contributed by atoms with Gasteiger partial charge in [0.05, 0.1) is 36.0 Å². The Labute approximate surface area is 222 Å².